The van der Waals surface area contributed by atoms with Gasteiger partial charge in [-0.2, -0.15) is 4.98 Å². The van der Waals surface area contributed by atoms with Gasteiger partial charge in [-0.25, -0.2) is 0 Å². The van der Waals surface area contributed by atoms with Gasteiger partial charge in [0.2, 0.25) is 11.9 Å². The van der Waals surface area contributed by atoms with Crippen LogP contribution in [-0.4, -0.2) is 26.1 Å². The molecule has 0 spiro atoms. The van der Waals surface area contributed by atoms with E-state index in [0.717, 1.165) is 10.0 Å². The summed E-state index contributed by atoms with van der Waals surface area (Å²) in [5.41, 5.74) is 1.59. The molecule has 3 aromatic rings. The molecule has 3 rings (SSSR count). The van der Waals surface area contributed by atoms with Gasteiger partial charge in [0.25, 0.3) is 0 Å². The lowest BCUT2D eigenvalue weighted by atomic mass is 10.1. The number of nitrogens with zero attached hydrogens (tertiary/aromatic N) is 3. The fourth-order valence-electron chi connectivity index (χ4n) is 1.89. The van der Waals surface area contributed by atoms with E-state index in [1.54, 1.807) is 6.20 Å². The summed E-state index contributed by atoms with van der Waals surface area (Å²) in [5, 5.41) is 9.39. The molecule has 0 aliphatic rings. The molecule has 0 aliphatic heterocycles. The number of anilines is 1. The molecule has 2 heterocycles. The quantitative estimate of drug-likeness (QED) is 0.751. The topological polar surface area (TPSA) is 83.6 Å². The van der Waals surface area contributed by atoms with Crippen LogP contribution in [0.25, 0.3) is 11.5 Å². The molecular weight excluding hydrogens is 346 g/mol. The van der Waals surface area contributed by atoms with Crippen LogP contribution in [0, 0.1) is 0 Å². The number of aromatic amines is 1. The number of rotatable bonds is 4. The minimum Gasteiger partial charge on any atom is -0.293 e. The number of carbonyl (C=O) groups excluding carboxylic acids is 1. The molecule has 0 atom stereocenters. The lowest BCUT2D eigenvalue weighted by molar-refractivity contribution is -0.115. The van der Waals surface area contributed by atoms with Crippen LogP contribution >= 0.6 is 15.9 Å². The van der Waals surface area contributed by atoms with Crippen molar-refractivity contribution in [3.63, 3.8) is 0 Å². The van der Waals surface area contributed by atoms with Crippen molar-refractivity contribution in [2.75, 3.05) is 5.32 Å². The van der Waals surface area contributed by atoms with Gasteiger partial charge in [-0.05, 0) is 29.8 Å². The predicted molar refractivity (Wildman–Crippen MR) is 86.1 cm³/mol. The Morgan fingerprint density at radius 2 is 2.00 bits per heavy atom. The Morgan fingerprint density at radius 1 is 1.18 bits per heavy atom. The third-order valence-corrected chi connectivity index (χ3v) is 3.45. The molecule has 0 aliphatic carbocycles. The lowest BCUT2D eigenvalue weighted by Gasteiger charge is -2.01. The minimum absolute atomic E-state index is 0.172. The van der Waals surface area contributed by atoms with Gasteiger partial charge in [-0.15, -0.1) is 5.10 Å². The number of H-pyrrole nitrogens is 1. The molecule has 0 saturated heterocycles. The van der Waals surface area contributed by atoms with Crippen LogP contribution < -0.4 is 5.32 Å². The zero-order valence-corrected chi connectivity index (χ0v) is 13.0. The normalized spacial score (nSPS) is 10.4. The second-order valence-corrected chi connectivity index (χ2v) is 5.49. The maximum absolute atomic E-state index is 12.0. The second kappa shape index (κ2) is 6.48. The molecule has 0 saturated carbocycles. The molecule has 22 heavy (non-hydrogen) atoms. The number of nitrogens with one attached hydrogen (secondary N) is 2. The zero-order chi connectivity index (χ0) is 15.4. The average molecular weight is 358 g/mol. The summed E-state index contributed by atoms with van der Waals surface area (Å²) in [4.78, 5) is 20.4. The minimum atomic E-state index is -0.172. The fraction of sp³-hybridized carbons (Fsp3) is 0.0667. The Bertz CT molecular complexity index is 770. The van der Waals surface area contributed by atoms with Crippen LogP contribution in [0.2, 0.25) is 0 Å². The maximum atomic E-state index is 12.0. The number of pyridine rings is 1. The highest BCUT2D eigenvalue weighted by molar-refractivity contribution is 9.10. The number of carbonyl (C=O) groups is 1. The van der Waals surface area contributed by atoms with E-state index in [-0.39, 0.29) is 18.3 Å². The van der Waals surface area contributed by atoms with Crippen LogP contribution in [-0.2, 0) is 11.2 Å². The van der Waals surface area contributed by atoms with E-state index in [9.17, 15) is 4.79 Å². The van der Waals surface area contributed by atoms with Crippen molar-refractivity contribution in [1.82, 2.24) is 20.2 Å². The number of aromatic nitrogens is 4. The van der Waals surface area contributed by atoms with Gasteiger partial charge in [-0.3, -0.25) is 20.2 Å². The number of hydrogen-bond acceptors (Lipinski definition) is 4. The van der Waals surface area contributed by atoms with Crippen molar-refractivity contribution in [1.29, 1.82) is 0 Å². The standard InChI is InChI=1S/C15H12BrN5O/c16-11-6-4-10(5-7-11)9-13(22)18-15-19-14(20-21-15)12-3-1-2-8-17-12/h1-8H,9H2,(H2,18,19,20,21,22). The van der Waals surface area contributed by atoms with Crippen LogP contribution in [0.4, 0.5) is 5.95 Å². The highest BCUT2D eigenvalue weighted by Crippen LogP contribution is 2.13. The second-order valence-electron chi connectivity index (χ2n) is 4.57. The molecule has 2 aromatic heterocycles. The SMILES string of the molecule is O=C(Cc1ccc(Br)cc1)Nc1n[nH]c(-c2ccccn2)n1. The average Bonchev–Trinajstić information content (AvgIpc) is 2.99. The number of amides is 1. The molecule has 1 aromatic carbocycles. The van der Waals surface area contributed by atoms with Crippen molar-refractivity contribution in [3.05, 3.63) is 58.7 Å². The molecule has 2 N–H and O–H groups in total. The summed E-state index contributed by atoms with van der Waals surface area (Å²) in [6.45, 7) is 0. The van der Waals surface area contributed by atoms with Crippen LogP contribution in [0.5, 0.6) is 0 Å². The van der Waals surface area contributed by atoms with Gasteiger partial charge in [-0.1, -0.05) is 34.1 Å². The monoisotopic (exact) mass is 357 g/mol. The summed E-state index contributed by atoms with van der Waals surface area (Å²) in [6.07, 6.45) is 1.93. The third-order valence-electron chi connectivity index (χ3n) is 2.92. The fourth-order valence-corrected chi connectivity index (χ4v) is 2.16. The van der Waals surface area contributed by atoms with Gasteiger partial charge in [0.1, 0.15) is 5.69 Å². The van der Waals surface area contributed by atoms with E-state index in [1.807, 2.05) is 42.5 Å². The molecule has 0 fully saturated rings. The maximum Gasteiger partial charge on any atom is 0.249 e. The van der Waals surface area contributed by atoms with E-state index < -0.39 is 0 Å². The van der Waals surface area contributed by atoms with E-state index >= 15 is 0 Å². The summed E-state index contributed by atoms with van der Waals surface area (Å²) in [5.74, 6) is 0.580. The first-order valence-electron chi connectivity index (χ1n) is 6.59. The largest absolute Gasteiger partial charge is 0.293 e. The molecule has 0 radical (unpaired) electrons. The van der Waals surface area contributed by atoms with E-state index in [0.29, 0.717) is 11.5 Å². The van der Waals surface area contributed by atoms with Crippen molar-refractivity contribution in [2.45, 2.75) is 6.42 Å². The number of benzene rings is 1. The van der Waals surface area contributed by atoms with Crippen LogP contribution in [0.1, 0.15) is 5.56 Å². The van der Waals surface area contributed by atoms with Crippen molar-refractivity contribution in [2.24, 2.45) is 0 Å². The van der Waals surface area contributed by atoms with E-state index in [1.165, 1.54) is 0 Å². The Morgan fingerprint density at radius 3 is 2.73 bits per heavy atom. The smallest absolute Gasteiger partial charge is 0.249 e. The molecule has 7 heteroatoms. The lowest BCUT2D eigenvalue weighted by Crippen LogP contribution is -2.15. The van der Waals surface area contributed by atoms with Gasteiger partial charge >= 0.3 is 0 Å². The number of hydrogen-bond donors (Lipinski definition) is 2. The van der Waals surface area contributed by atoms with Gasteiger partial charge < -0.3 is 0 Å². The molecule has 0 unspecified atom stereocenters. The van der Waals surface area contributed by atoms with Crippen LogP contribution in [0.3, 0.4) is 0 Å². The van der Waals surface area contributed by atoms with Crippen molar-refractivity contribution >= 4 is 27.8 Å². The van der Waals surface area contributed by atoms with Crippen molar-refractivity contribution < 1.29 is 4.79 Å². The molecule has 110 valence electrons. The Labute approximate surface area is 135 Å². The first-order valence-corrected chi connectivity index (χ1v) is 7.38. The molecule has 0 bridgehead atoms. The van der Waals surface area contributed by atoms with E-state index in [2.05, 4.69) is 41.4 Å². The molecular formula is C15H12BrN5O. The molecule has 6 nitrogen and oxygen atoms in total. The summed E-state index contributed by atoms with van der Waals surface area (Å²) in [7, 11) is 0. The van der Waals surface area contributed by atoms with Gasteiger partial charge in [0.15, 0.2) is 5.82 Å². The summed E-state index contributed by atoms with van der Waals surface area (Å²) >= 11 is 3.36. The summed E-state index contributed by atoms with van der Waals surface area (Å²) < 4.78 is 0.977. The van der Waals surface area contributed by atoms with Crippen molar-refractivity contribution in [3.8, 4) is 11.5 Å². The van der Waals surface area contributed by atoms with Crippen LogP contribution in [0.15, 0.2) is 53.1 Å². The number of halogens is 1. The zero-order valence-electron chi connectivity index (χ0n) is 11.5. The highest BCUT2D eigenvalue weighted by Gasteiger charge is 2.10. The van der Waals surface area contributed by atoms with E-state index in [4.69, 9.17) is 0 Å². The Hall–Kier alpha value is -2.54. The summed E-state index contributed by atoms with van der Waals surface area (Å²) in [6, 6.07) is 13.1. The third kappa shape index (κ3) is 3.56. The first kappa shape index (κ1) is 14.4. The predicted octanol–water partition coefficient (Wildman–Crippen LogP) is 2.81. The Kier molecular flexibility index (Phi) is 4.24. The van der Waals surface area contributed by atoms with Gasteiger partial charge in [0.05, 0.1) is 6.42 Å². The Balaban J connectivity index is 1.65. The highest BCUT2D eigenvalue weighted by atomic mass is 79.9. The van der Waals surface area contributed by atoms with Gasteiger partial charge in [0, 0.05) is 10.7 Å². The molecule has 1 amide bonds. The first-order chi connectivity index (χ1) is 10.7.